The van der Waals surface area contributed by atoms with Crippen LogP contribution in [0.15, 0.2) is 29.1 Å². The van der Waals surface area contributed by atoms with E-state index in [9.17, 15) is 9.59 Å². The number of benzene rings is 1. The number of aromatic nitrogens is 2. The lowest BCUT2D eigenvalue weighted by molar-refractivity contribution is 0.233. The van der Waals surface area contributed by atoms with Crippen molar-refractivity contribution in [3.63, 3.8) is 0 Å². The summed E-state index contributed by atoms with van der Waals surface area (Å²) < 4.78 is 3.18. The van der Waals surface area contributed by atoms with Crippen molar-refractivity contribution in [1.29, 1.82) is 0 Å². The van der Waals surface area contributed by atoms with E-state index >= 15 is 0 Å². The summed E-state index contributed by atoms with van der Waals surface area (Å²) in [5, 5.41) is 3.10. The summed E-state index contributed by atoms with van der Waals surface area (Å²) in [6.45, 7) is 0.725. The molecule has 2 saturated carbocycles. The van der Waals surface area contributed by atoms with E-state index in [1.165, 1.54) is 43.1 Å². The molecule has 0 saturated heterocycles. The van der Waals surface area contributed by atoms with Crippen LogP contribution >= 0.6 is 0 Å². The molecule has 2 aliphatic rings. The molecule has 0 spiro atoms. The number of hydrogen-bond acceptors (Lipinski definition) is 2. The van der Waals surface area contributed by atoms with Gasteiger partial charge in [-0.25, -0.2) is 14.2 Å². The Bertz CT molecular complexity index is 823. The Hall–Kier alpha value is -2.04. The highest BCUT2D eigenvalue weighted by atomic mass is 16.2. The summed E-state index contributed by atoms with van der Waals surface area (Å²) >= 11 is 0. The number of imidazole rings is 1. The molecular weight excluding hydrogens is 326 g/mol. The van der Waals surface area contributed by atoms with Crippen LogP contribution in [0.25, 0.3) is 11.0 Å². The molecule has 2 aliphatic carbocycles. The number of rotatable bonds is 3. The van der Waals surface area contributed by atoms with Crippen LogP contribution in [0.2, 0.25) is 0 Å². The first-order valence-electron chi connectivity index (χ1n) is 10.2. The maximum atomic E-state index is 13.1. The van der Waals surface area contributed by atoms with Crippen molar-refractivity contribution in [3.05, 3.63) is 34.7 Å². The second kappa shape index (κ2) is 7.68. The lowest BCUT2D eigenvalue weighted by Crippen LogP contribution is -2.43. The molecule has 4 rings (SSSR count). The van der Waals surface area contributed by atoms with Crippen LogP contribution in [0, 0.1) is 5.92 Å². The summed E-state index contributed by atoms with van der Waals surface area (Å²) in [5.74, 6) is 0.544. The average molecular weight is 355 g/mol. The lowest BCUT2D eigenvalue weighted by atomic mass is 9.89. The van der Waals surface area contributed by atoms with E-state index in [2.05, 4.69) is 5.32 Å². The van der Waals surface area contributed by atoms with Crippen LogP contribution in [0.4, 0.5) is 4.79 Å². The Balaban J connectivity index is 1.64. The van der Waals surface area contributed by atoms with Gasteiger partial charge in [0.2, 0.25) is 0 Å². The maximum Gasteiger partial charge on any atom is 0.337 e. The third-order valence-electron chi connectivity index (χ3n) is 6.14. The molecule has 2 aromatic rings. The molecule has 26 heavy (non-hydrogen) atoms. The fourth-order valence-corrected chi connectivity index (χ4v) is 4.70. The van der Waals surface area contributed by atoms with E-state index in [0.29, 0.717) is 5.92 Å². The summed E-state index contributed by atoms with van der Waals surface area (Å²) in [6, 6.07) is 7.63. The minimum atomic E-state index is -0.263. The highest BCUT2D eigenvalue weighted by Crippen LogP contribution is 2.26. The summed E-state index contributed by atoms with van der Waals surface area (Å²) in [5.41, 5.74) is 1.41. The minimum absolute atomic E-state index is 0.190. The monoisotopic (exact) mass is 355 g/mol. The van der Waals surface area contributed by atoms with Crippen LogP contribution in [0.1, 0.15) is 64.2 Å². The van der Waals surface area contributed by atoms with Gasteiger partial charge >= 0.3 is 11.7 Å². The van der Waals surface area contributed by atoms with E-state index in [-0.39, 0.29) is 17.8 Å². The second-order valence-corrected chi connectivity index (χ2v) is 8.01. The van der Waals surface area contributed by atoms with Gasteiger partial charge in [-0.05, 0) is 43.7 Å². The summed E-state index contributed by atoms with van der Waals surface area (Å²) in [4.78, 5) is 26.0. The first kappa shape index (κ1) is 17.4. The van der Waals surface area contributed by atoms with E-state index in [1.54, 1.807) is 0 Å². The Labute approximate surface area is 154 Å². The van der Waals surface area contributed by atoms with Gasteiger partial charge in [-0.15, -0.1) is 0 Å². The largest absolute Gasteiger partial charge is 0.337 e. The zero-order chi connectivity index (χ0) is 17.9. The molecule has 1 aromatic heterocycles. The van der Waals surface area contributed by atoms with E-state index < -0.39 is 0 Å². The molecule has 0 aliphatic heterocycles. The molecule has 5 nitrogen and oxygen atoms in total. The van der Waals surface area contributed by atoms with Crippen LogP contribution in [0.5, 0.6) is 0 Å². The van der Waals surface area contributed by atoms with Crippen LogP contribution in [-0.2, 0) is 6.54 Å². The maximum absolute atomic E-state index is 13.1. The number of fused-ring (bicyclic) bond motifs is 1. The van der Waals surface area contributed by atoms with Gasteiger partial charge in [-0.2, -0.15) is 0 Å². The third-order valence-corrected chi connectivity index (χ3v) is 6.14. The quantitative estimate of drug-likeness (QED) is 0.894. The van der Waals surface area contributed by atoms with Gasteiger partial charge in [0.15, 0.2) is 0 Å². The molecule has 1 N–H and O–H groups in total. The number of para-hydroxylation sites is 2. The molecular formula is C21H29N3O2. The number of nitrogens with zero attached hydrogens (tertiary/aromatic N) is 2. The standard InChI is InChI=1S/C21H29N3O2/c25-20(22-17-11-5-2-6-12-17)24-19-14-8-7-13-18(19)23(21(24)26)15-16-9-3-1-4-10-16/h7-8,13-14,16-17H,1-6,9-12,15H2,(H,22,25). The van der Waals surface area contributed by atoms with Crippen molar-refractivity contribution in [2.45, 2.75) is 76.8 Å². The van der Waals surface area contributed by atoms with E-state index in [0.717, 1.165) is 43.3 Å². The SMILES string of the molecule is O=C(NC1CCCCC1)n1c(=O)n(CC2CCCCC2)c2ccccc21. The first-order chi connectivity index (χ1) is 12.7. The highest BCUT2D eigenvalue weighted by molar-refractivity contribution is 5.89. The van der Waals surface area contributed by atoms with Gasteiger partial charge in [-0.1, -0.05) is 50.7 Å². The van der Waals surface area contributed by atoms with E-state index in [1.807, 2.05) is 28.8 Å². The van der Waals surface area contributed by atoms with Crippen molar-refractivity contribution in [2.75, 3.05) is 0 Å². The van der Waals surface area contributed by atoms with Gasteiger partial charge in [0.05, 0.1) is 11.0 Å². The molecule has 0 radical (unpaired) electrons. The molecule has 140 valence electrons. The topological polar surface area (TPSA) is 56.0 Å². The molecule has 1 amide bonds. The predicted molar refractivity (Wildman–Crippen MR) is 104 cm³/mol. The summed E-state index contributed by atoms with van der Waals surface area (Å²) in [7, 11) is 0. The number of nitrogens with one attached hydrogen (secondary N) is 1. The molecule has 1 aromatic carbocycles. The van der Waals surface area contributed by atoms with Gasteiger partial charge in [-0.3, -0.25) is 4.57 Å². The lowest BCUT2D eigenvalue weighted by Gasteiger charge is -2.22. The Morgan fingerprint density at radius 2 is 1.54 bits per heavy atom. The average Bonchev–Trinajstić information content (AvgIpc) is 2.95. The number of amides is 1. The highest BCUT2D eigenvalue weighted by Gasteiger charge is 2.23. The van der Waals surface area contributed by atoms with Crippen LogP contribution in [0.3, 0.4) is 0 Å². The van der Waals surface area contributed by atoms with Gasteiger partial charge in [0.1, 0.15) is 0 Å². The molecule has 0 unspecified atom stereocenters. The van der Waals surface area contributed by atoms with E-state index in [4.69, 9.17) is 0 Å². The number of hydrogen-bond donors (Lipinski definition) is 1. The molecule has 0 bridgehead atoms. The fraction of sp³-hybridized carbons (Fsp3) is 0.619. The first-order valence-corrected chi connectivity index (χ1v) is 10.2. The van der Waals surface area contributed by atoms with Crippen LogP contribution < -0.4 is 11.0 Å². The molecule has 2 fully saturated rings. The third kappa shape index (κ3) is 3.44. The fourth-order valence-electron chi connectivity index (χ4n) is 4.70. The molecule has 1 heterocycles. The predicted octanol–water partition coefficient (Wildman–Crippen LogP) is 4.27. The number of carbonyl (C=O) groups excluding carboxylic acids is 1. The van der Waals surface area contributed by atoms with Crippen molar-refractivity contribution in [3.8, 4) is 0 Å². The zero-order valence-electron chi connectivity index (χ0n) is 15.5. The van der Waals surface area contributed by atoms with Gasteiger partial charge in [0.25, 0.3) is 0 Å². The second-order valence-electron chi connectivity index (χ2n) is 8.01. The van der Waals surface area contributed by atoms with Crippen molar-refractivity contribution in [1.82, 2.24) is 14.5 Å². The normalized spacial score (nSPS) is 19.7. The van der Waals surface area contributed by atoms with Gasteiger partial charge in [0, 0.05) is 12.6 Å². The minimum Gasteiger partial charge on any atom is -0.335 e. The summed E-state index contributed by atoms with van der Waals surface area (Å²) in [6.07, 6.45) is 11.7. The Morgan fingerprint density at radius 3 is 2.23 bits per heavy atom. The Morgan fingerprint density at radius 1 is 0.923 bits per heavy atom. The Kier molecular flexibility index (Phi) is 5.14. The molecule has 5 heteroatoms. The smallest absolute Gasteiger partial charge is 0.335 e. The zero-order valence-corrected chi connectivity index (χ0v) is 15.5. The van der Waals surface area contributed by atoms with Crippen LogP contribution in [-0.4, -0.2) is 21.2 Å². The van der Waals surface area contributed by atoms with Crippen molar-refractivity contribution >= 4 is 17.1 Å². The van der Waals surface area contributed by atoms with Gasteiger partial charge < -0.3 is 5.32 Å². The van der Waals surface area contributed by atoms with Crippen molar-refractivity contribution < 1.29 is 4.79 Å². The molecule has 0 atom stereocenters. The van der Waals surface area contributed by atoms with Crippen molar-refractivity contribution in [2.24, 2.45) is 5.92 Å². The number of carbonyl (C=O) groups is 1.